The number of amides is 1. The van der Waals surface area contributed by atoms with Crippen LogP contribution in [0.25, 0.3) is 15.5 Å². The molecule has 29 heavy (non-hydrogen) atoms. The second kappa shape index (κ2) is 8.36. The molecule has 2 aromatic carbocycles. The highest BCUT2D eigenvalue weighted by Crippen LogP contribution is 2.27. The number of rotatable bonds is 4. The van der Waals surface area contributed by atoms with Gasteiger partial charge in [-0.3, -0.25) is 10.1 Å². The molecule has 2 heterocycles. The topological polar surface area (TPSA) is 84.2 Å². The number of thiocarbonyl (C=S) groups is 1. The maximum atomic E-state index is 12.3. The zero-order valence-corrected chi connectivity index (χ0v) is 18.4. The molecule has 7 nitrogen and oxygen atoms in total. The van der Waals surface area contributed by atoms with Gasteiger partial charge in [-0.25, -0.2) is 0 Å². The third-order valence-electron chi connectivity index (χ3n) is 4.07. The van der Waals surface area contributed by atoms with Crippen molar-refractivity contribution in [3.63, 3.8) is 0 Å². The zero-order valence-electron chi connectivity index (χ0n) is 15.2. The Morgan fingerprint density at radius 3 is 2.76 bits per heavy atom. The van der Waals surface area contributed by atoms with E-state index in [0.29, 0.717) is 5.56 Å². The number of nitrogens with zero attached hydrogens (tertiary/aromatic N) is 4. The summed E-state index contributed by atoms with van der Waals surface area (Å²) < 4.78 is 2.67. The van der Waals surface area contributed by atoms with E-state index in [1.54, 1.807) is 28.8 Å². The summed E-state index contributed by atoms with van der Waals surface area (Å²) in [6.07, 6.45) is 0.762. The van der Waals surface area contributed by atoms with Crippen molar-refractivity contribution in [1.29, 1.82) is 0 Å². The van der Waals surface area contributed by atoms with Crippen molar-refractivity contribution in [1.82, 2.24) is 25.1 Å². The Kier molecular flexibility index (Phi) is 5.65. The summed E-state index contributed by atoms with van der Waals surface area (Å²) in [5.41, 5.74) is 2.21. The van der Waals surface area contributed by atoms with Crippen LogP contribution in [-0.2, 0) is 6.42 Å². The monoisotopic (exact) mass is 486 g/mol. The van der Waals surface area contributed by atoms with Crippen LogP contribution in [0, 0.1) is 0 Å². The summed E-state index contributed by atoms with van der Waals surface area (Å²) in [4.78, 5) is 13.1. The fourth-order valence-corrected chi connectivity index (χ4v) is 3.99. The number of fused-ring (bicyclic) bond motifs is 1. The van der Waals surface area contributed by atoms with Crippen molar-refractivity contribution in [2.45, 2.75) is 13.3 Å². The number of nitrogens with one attached hydrogen (secondary N) is 2. The smallest absolute Gasteiger partial charge is 0.257 e. The summed E-state index contributed by atoms with van der Waals surface area (Å²) in [6, 6.07) is 14.7. The molecule has 4 rings (SSSR count). The van der Waals surface area contributed by atoms with Crippen molar-refractivity contribution >= 4 is 61.2 Å². The van der Waals surface area contributed by atoms with Gasteiger partial charge in [0.25, 0.3) is 5.91 Å². The standard InChI is InChI=1S/C19H15BrN6OS2/c1-2-15-23-24-19-26(15)25-17(29-19)12-4-3-5-14(10-12)21-18(28)22-16(27)11-6-8-13(20)9-7-11/h3-10H,2H2,1H3,(H2,21,22,27,28). The number of carbonyl (C=O) groups is 1. The number of anilines is 1. The zero-order chi connectivity index (χ0) is 20.4. The molecule has 0 saturated heterocycles. The molecule has 0 spiro atoms. The van der Waals surface area contributed by atoms with E-state index >= 15 is 0 Å². The Hall–Kier alpha value is -2.69. The second-order valence-corrected chi connectivity index (χ2v) is 8.35. The Morgan fingerprint density at radius 2 is 2.00 bits per heavy atom. The van der Waals surface area contributed by atoms with Crippen LogP contribution in [0.15, 0.2) is 53.0 Å². The van der Waals surface area contributed by atoms with Crippen LogP contribution in [0.5, 0.6) is 0 Å². The summed E-state index contributed by atoms with van der Waals surface area (Å²) in [5, 5.41) is 19.7. The van der Waals surface area contributed by atoms with E-state index in [-0.39, 0.29) is 11.0 Å². The lowest BCUT2D eigenvalue weighted by atomic mass is 10.2. The van der Waals surface area contributed by atoms with E-state index < -0.39 is 0 Å². The normalized spacial score (nSPS) is 10.8. The molecular weight excluding hydrogens is 472 g/mol. The Labute approximate surface area is 184 Å². The Morgan fingerprint density at radius 1 is 1.21 bits per heavy atom. The van der Waals surface area contributed by atoms with Gasteiger partial charge in [0.2, 0.25) is 4.96 Å². The van der Waals surface area contributed by atoms with E-state index in [1.165, 1.54) is 11.3 Å². The fourth-order valence-electron chi connectivity index (χ4n) is 2.66. The molecule has 0 aliphatic carbocycles. The molecule has 0 unspecified atom stereocenters. The summed E-state index contributed by atoms with van der Waals surface area (Å²) in [7, 11) is 0. The quantitative estimate of drug-likeness (QED) is 0.418. The van der Waals surface area contributed by atoms with Gasteiger partial charge in [0, 0.05) is 27.7 Å². The first-order valence-electron chi connectivity index (χ1n) is 8.73. The average Bonchev–Trinajstić information content (AvgIpc) is 3.29. The van der Waals surface area contributed by atoms with Gasteiger partial charge >= 0.3 is 0 Å². The molecule has 0 bridgehead atoms. The van der Waals surface area contributed by atoms with Crippen LogP contribution in [0.2, 0.25) is 0 Å². The van der Waals surface area contributed by atoms with Gasteiger partial charge in [-0.1, -0.05) is 46.3 Å². The van der Waals surface area contributed by atoms with Crippen molar-refractivity contribution in [2.24, 2.45) is 0 Å². The largest absolute Gasteiger partial charge is 0.332 e. The number of hydrogen-bond acceptors (Lipinski definition) is 6. The first-order valence-corrected chi connectivity index (χ1v) is 10.7. The van der Waals surface area contributed by atoms with E-state index in [1.807, 2.05) is 31.2 Å². The summed E-state index contributed by atoms with van der Waals surface area (Å²) in [5.74, 6) is 0.556. The highest BCUT2D eigenvalue weighted by molar-refractivity contribution is 9.10. The lowest BCUT2D eigenvalue weighted by molar-refractivity contribution is 0.0977. The van der Waals surface area contributed by atoms with E-state index in [2.05, 4.69) is 41.9 Å². The molecule has 10 heteroatoms. The van der Waals surface area contributed by atoms with Gasteiger partial charge in [0.15, 0.2) is 10.9 Å². The van der Waals surface area contributed by atoms with Gasteiger partial charge in [0.1, 0.15) is 5.01 Å². The number of hydrogen-bond donors (Lipinski definition) is 2. The van der Waals surface area contributed by atoms with Crippen LogP contribution in [0.3, 0.4) is 0 Å². The molecular formula is C19H15BrN6OS2. The minimum atomic E-state index is -0.271. The van der Waals surface area contributed by atoms with Crippen molar-refractivity contribution in [2.75, 3.05) is 5.32 Å². The van der Waals surface area contributed by atoms with Gasteiger partial charge in [-0.15, -0.1) is 10.2 Å². The van der Waals surface area contributed by atoms with E-state index in [0.717, 1.165) is 37.9 Å². The number of aromatic nitrogens is 4. The first kappa shape index (κ1) is 19.6. The molecule has 1 amide bonds. The summed E-state index contributed by atoms with van der Waals surface area (Å²) in [6.45, 7) is 2.02. The molecule has 4 aromatic rings. The molecule has 2 N–H and O–H groups in total. The Balaban J connectivity index is 1.48. The number of carbonyl (C=O) groups excluding carboxylic acids is 1. The van der Waals surface area contributed by atoms with Crippen LogP contribution < -0.4 is 10.6 Å². The number of aryl methyl sites for hydroxylation is 1. The molecule has 0 radical (unpaired) electrons. The third kappa shape index (κ3) is 4.34. The first-order chi connectivity index (χ1) is 14.0. The average molecular weight is 487 g/mol. The molecule has 0 atom stereocenters. The summed E-state index contributed by atoms with van der Waals surface area (Å²) >= 11 is 10.1. The van der Waals surface area contributed by atoms with Crippen LogP contribution in [0.1, 0.15) is 23.1 Å². The van der Waals surface area contributed by atoms with Gasteiger partial charge < -0.3 is 5.32 Å². The highest BCUT2D eigenvalue weighted by Gasteiger charge is 2.13. The third-order valence-corrected chi connectivity index (χ3v) is 5.75. The Bertz CT molecular complexity index is 1200. The second-order valence-electron chi connectivity index (χ2n) is 6.07. The molecule has 0 aliphatic heterocycles. The fraction of sp³-hybridized carbons (Fsp3) is 0.105. The minimum Gasteiger partial charge on any atom is -0.332 e. The van der Waals surface area contributed by atoms with E-state index in [9.17, 15) is 4.79 Å². The molecule has 0 aliphatic rings. The van der Waals surface area contributed by atoms with Gasteiger partial charge in [-0.05, 0) is 48.6 Å². The predicted molar refractivity (Wildman–Crippen MR) is 121 cm³/mol. The van der Waals surface area contributed by atoms with E-state index in [4.69, 9.17) is 12.2 Å². The van der Waals surface area contributed by atoms with Gasteiger partial charge in [-0.2, -0.15) is 9.61 Å². The van der Waals surface area contributed by atoms with Crippen LogP contribution >= 0.6 is 39.5 Å². The van der Waals surface area contributed by atoms with Crippen molar-refractivity contribution < 1.29 is 4.79 Å². The van der Waals surface area contributed by atoms with Gasteiger partial charge in [0.05, 0.1) is 0 Å². The molecule has 2 aromatic heterocycles. The van der Waals surface area contributed by atoms with Crippen LogP contribution in [0.4, 0.5) is 5.69 Å². The van der Waals surface area contributed by atoms with Crippen molar-refractivity contribution in [3.8, 4) is 10.6 Å². The maximum absolute atomic E-state index is 12.3. The van der Waals surface area contributed by atoms with Crippen molar-refractivity contribution in [3.05, 3.63) is 64.4 Å². The SMILES string of the molecule is CCc1nnc2sc(-c3cccc(NC(=S)NC(=O)c4ccc(Br)cc4)c3)nn12. The number of benzene rings is 2. The lowest BCUT2D eigenvalue weighted by Crippen LogP contribution is -2.34. The lowest BCUT2D eigenvalue weighted by Gasteiger charge is -2.10. The maximum Gasteiger partial charge on any atom is 0.257 e. The predicted octanol–water partition coefficient (Wildman–Crippen LogP) is 4.30. The molecule has 146 valence electrons. The minimum absolute atomic E-state index is 0.224. The number of halogens is 1. The molecule has 0 saturated carbocycles. The highest BCUT2D eigenvalue weighted by atomic mass is 79.9. The van der Waals surface area contributed by atoms with Crippen LogP contribution in [-0.4, -0.2) is 30.8 Å². The molecule has 0 fully saturated rings.